The number of carbonyl (C=O) groups excluding carboxylic acids is 3. The van der Waals surface area contributed by atoms with Gasteiger partial charge < -0.3 is 25.8 Å². The van der Waals surface area contributed by atoms with E-state index in [0.29, 0.717) is 67.6 Å². The number of ether oxygens (including phenoxy) is 1. The summed E-state index contributed by atoms with van der Waals surface area (Å²) in [6.07, 6.45) is 3.24. The van der Waals surface area contributed by atoms with Gasteiger partial charge >= 0.3 is 0 Å². The van der Waals surface area contributed by atoms with Crippen molar-refractivity contribution in [2.24, 2.45) is 0 Å². The molecule has 4 heterocycles. The second-order valence-corrected chi connectivity index (χ2v) is 13.7. The summed E-state index contributed by atoms with van der Waals surface area (Å²) in [5, 5.41) is 24.6. The van der Waals surface area contributed by atoms with Gasteiger partial charge in [0.15, 0.2) is 11.9 Å². The molecule has 3 fully saturated rings. The van der Waals surface area contributed by atoms with E-state index in [4.69, 9.17) is 10.5 Å². The van der Waals surface area contributed by atoms with Crippen molar-refractivity contribution >= 4 is 29.2 Å². The van der Waals surface area contributed by atoms with Crippen LogP contribution in [0.2, 0.25) is 0 Å². The fourth-order valence-electron chi connectivity index (χ4n) is 7.54. The van der Waals surface area contributed by atoms with Crippen molar-refractivity contribution in [2.75, 3.05) is 43.4 Å². The van der Waals surface area contributed by atoms with Gasteiger partial charge in [-0.1, -0.05) is 54.6 Å². The molecule has 3 aliphatic heterocycles. The second-order valence-electron chi connectivity index (χ2n) is 13.7. The summed E-state index contributed by atoms with van der Waals surface area (Å²) in [6.45, 7) is 3.25. The summed E-state index contributed by atoms with van der Waals surface area (Å²) in [5.74, 6) is 0.790. The van der Waals surface area contributed by atoms with Gasteiger partial charge in [-0.15, -0.1) is 10.2 Å². The van der Waals surface area contributed by atoms with Gasteiger partial charge in [-0.25, -0.2) is 0 Å². The molecule has 12 nitrogen and oxygen atoms in total. The zero-order chi connectivity index (χ0) is 35.4. The Morgan fingerprint density at radius 1 is 0.922 bits per heavy atom. The average molecular weight is 690 g/mol. The van der Waals surface area contributed by atoms with E-state index in [1.807, 2.05) is 54.6 Å². The molecule has 0 saturated carbocycles. The predicted octanol–water partition coefficient (Wildman–Crippen LogP) is 4.11. The van der Waals surface area contributed by atoms with Crippen molar-refractivity contribution < 1.29 is 24.2 Å². The Morgan fingerprint density at radius 2 is 1.63 bits per heavy atom. The first kappa shape index (κ1) is 34.0. The van der Waals surface area contributed by atoms with Crippen LogP contribution in [0.25, 0.3) is 11.3 Å². The first-order valence-corrected chi connectivity index (χ1v) is 17.6. The predicted molar refractivity (Wildman–Crippen MR) is 193 cm³/mol. The molecule has 7 rings (SSSR count). The third-order valence-electron chi connectivity index (χ3n) is 10.4. The monoisotopic (exact) mass is 689 g/mol. The van der Waals surface area contributed by atoms with E-state index in [-0.39, 0.29) is 29.9 Å². The molecule has 3 amide bonds. The highest BCUT2D eigenvalue weighted by atomic mass is 16.5. The fourth-order valence-corrected chi connectivity index (χ4v) is 7.54. The molecule has 51 heavy (non-hydrogen) atoms. The van der Waals surface area contributed by atoms with E-state index in [1.165, 1.54) is 5.56 Å². The topological polar surface area (TPSA) is 163 Å². The van der Waals surface area contributed by atoms with E-state index in [1.54, 1.807) is 18.2 Å². The summed E-state index contributed by atoms with van der Waals surface area (Å²) in [5.41, 5.74) is 9.98. The largest absolute Gasteiger partial charge is 0.507 e. The number of nitrogen functional groups attached to an aromatic ring is 1. The van der Waals surface area contributed by atoms with Crippen LogP contribution < -0.4 is 26.0 Å². The SMILES string of the molecule is Nc1nnc(-c2ccccc2O)cc1N1CCC(NC(=O)CN2CCC(c3ccc(OC4CCC(=O)NC4=O)cc3)CC2)(c2ccccc2)CC1. The number of phenolic OH excluding ortho intramolecular Hbond substituents is 1. The highest BCUT2D eigenvalue weighted by molar-refractivity contribution is 5.99. The number of nitrogens with zero attached hydrogens (tertiary/aromatic N) is 4. The molecule has 12 heteroatoms. The van der Waals surface area contributed by atoms with Crippen LogP contribution in [0, 0.1) is 0 Å². The smallest absolute Gasteiger partial charge is 0.267 e. The Labute approximate surface area is 297 Å². The first-order valence-electron chi connectivity index (χ1n) is 17.6. The van der Waals surface area contributed by atoms with Gasteiger partial charge in [-0.05, 0) is 86.1 Å². The molecule has 4 aromatic rings. The van der Waals surface area contributed by atoms with Crippen molar-refractivity contribution in [3.05, 3.63) is 96.1 Å². The molecular formula is C39H43N7O5. The van der Waals surface area contributed by atoms with Crippen LogP contribution in [0.1, 0.15) is 55.6 Å². The number of aromatic nitrogens is 2. The quantitative estimate of drug-likeness (QED) is 0.188. The maximum atomic E-state index is 13.7. The van der Waals surface area contributed by atoms with Crippen molar-refractivity contribution in [1.82, 2.24) is 25.7 Å². The van der Waals surface area contributed by atoms with E-state index in [2.05, 4.69) is 42.8 Å². The lowest BCUT2D eigenvalue weighted by Crippen LogP contribution is -2.55. The number of likely N-dealkylation sites (tertiary alicyclic amines) is 1. The van der Waals surface area contributed by atoms with Crippen molar-refractivity contribution in [1.29, 1.82) is 0 Å². The van der Waals surface area contributed by atoms with Crippen LogP contribution in [-0.2, 0) is 19.9 Å². The first-order chi connectivity index (χ1) is 24.8. The molecule has 1 unspecified atom stereocenters. The second kappa shape index (κ2) is 14.8. The number of imide groups is 1. The number of hydrogen-bond donors (Lipinski definition) is 4. The number of nitrogens with two attached hydrogens (primary N) is 1. The lowest BCUT2D eigenvalue weighted by molar-refractivity contribution is -0.139. The van der Waals surface area contributed by atoms with Gasteiger partial charge in [0.1, 0.15) is 11.5 Å². The number of phenols is 1. The molecule has 0 bridgehead atoms. The minimum Gasteiger partial charge on any atom is -0.507 e. The molecule has 1 aromatic heterocycles. The normalized spacial score (nSPS) is 19.7. The summed E-state index contributed by atoms with van der Waals surface area (Å²) in [6, 6.07) is 27.0. The molecular weight excluding hydrogens is 646 g/mol. The number of rotatable bonds is 9. The zero-order valence-electron chi connectivity index (χ0n) is 28.5. The average Bonchev–Trinajstić information content (AvgIpc) is 3.15. The number of hydrogen-bond acceptors (Lipinski definition) is 10. The highest BCUT2D eigenvalue weighted by Crippen LogP contribution is 2.38. The lowest BCUT2D eigenvalue weighted by Gasteiger charge is -2.44. The molecule has 1 atom stereocenters. The van der Waals surface area contributed by atoms with Crippen LogP contribution in [0.5, 0.6) is 11.5 Å². The number of piperidine rings is 3. The third kappa shape index (κ3) is 7.65. The van der Waals surface area contributed by atoms with Crippen molar-refractivity contribution in [3.8, 4) is 22.8 Å². The van der Waals surface area contributed by atoms with Gasteiger partial charge in [0.25, 0.3) is 5.91 Å². The number of amides is 3. The molecule has 0 spiro atoms. The van der Waals surface area contributed by atoms with Crippen LogP contribution in [0.15, 0.2) is 84.9 Å². The summed E-state index contributed by atoms with van der Waals surface area (Å²) in [4.78, 5) is 41.6. The summed E-state index contributed by atoms with van der Waals surface area (Å²) < 4.78 is 5.84. The molecule has 3 aliphatic rings. The maximum Gasteiger partial charge on any atom is 0.267 e. The number of nitrogens with one attached hydrogen (secondary N) is 2. The van der Waals surface area contributed by atoms with Crippen LogP contribution in [0.3, 0.4) is 0 Å². The fraction of sp³-hybridized carbons (Fsp3) is 0.359. The molecule has 0 aliphatic carbocycles. The van der Waals surface area contributed by atoms with Crippen LogP contribution in [0.4, 0.5) is 11.5 Å². The Hall–Kier alpha value is -5.49. The van der Waals surface area contributed by atoms with E-state index >= 15 is 0 Å². The molecule has 5 N–H and O–H groups in total. The maximum absolute atomic E-state index is 13.7. The van der Waals surface area contributed by atoms with Gasteiger partial charge in [-0.3, -0.25) is 24.6 Å². The number of anilines is 2. The minimum atomic E-state index is -0.654. The number of para-hydroxylation sites is 1. The van der Waals surface area contributed by atoms with Gasteiger partial charge in [-0.2, -0.15) is 0 Å². The molecule has 0 radical (unpaired) electrons. The zero-order valence-corrected chi connectivity index (χ0v) is 28.5. The third-order valence-corrected chi connectivity index (χ3v) is 10.4. The van der Waals surface area contributed by atoms with Gasteiger partial charge in [0.05, 0.1) is 23.5 Å². The van der Waals surface area contributed by atoms with E-state index in [9.17, 15) is 19.5 Å². The Morgan fingerprint density at radius 3 is 2.33 bits per heavy atom. The Bertz CT molecular complexity index is 1870. The van der Waals surface area contributed by atoms with Gasteiger partial charge in [0.2, 0.25) is 11.8 Å². The standard InChI is InChI=1S/C39H43N7O5/c40-37-32(24-31(43-44-37)30-8-4-5-9-33(30)47)46-22-18-39(19-23-46,28-6-2-1-3-7-28)42-36(49)25-45-20-16-27(17-21-45)26-10-12-29(13-11-26)51-34-14-15-35(48)41-38(34)50/h1-13,24,27,34,47H,14-23,25H2,(H2,40,44)(H,42,49)(H,41,48,50). The van der Waals surface area contributed by atoms with E-state index in [0.717, 1.165) is 37.2 Å². The number of carbonyl (C=O) groups is 3. The summed E-state index contributed by atoms with van der Waals surface area (Å²) >= 11 is 0. The molecule has 3 aromatic carbocycles. The van der Waals surface area contributed by atoms with Crippen LogP contribution in [-0.4, -0.2) is 76.8 Å². The molecule has 264 valence electrons. The number of aromatic hydroxyl groups is 1. The van der Waals surface area contributed by atoms with Crippen molar-refractivity contribution in [2.45, 2.75) is 56.1 Å². The van der Waals surface area contributed by atoms with E-state index < -0.39 is 11.6 Å². The lowest BCUT2D eigenvalue weighted by atomic mass is 9.80. The highest BCUT2D eigenvalue weighted by Gasteiger charge is 2.39. The summed E-state index contributed by atoms with van der Waals surface area (Å²) in [7, 11) is 0. The van der Waals surface area contributed by atoms with Gasteiger partial charge in [0, 0.05) is 31.5 Å². The number of benzene rings is 3. The molecule has 3 saturated heterocycles. The Balaban J connectivity index is 0.954. The Kier molecular flexibility index (Phi) is 9.85. The van der Waals surface area contributed by atoms with Crippen molar-refractivity contribution in [3.63, 3.8) is 0 Å². The minimum absolute atomic E-state index is 0.00707. The van der Waals surface area contributed by atoms with Crippen LogP contribution >= 0.6 is 0 Å².